The average molecular weight is 368 g/mol. The molecule has 3 rings (SSSR count). The SMILES string of the molecule is COC(=O)c1ccc(COC(=O)Cn2[nH]c(=O)c3ccccc3c2=O)cc1. The van der Waals surface area contributed by atoms with Crippen molar-refractivity contribution in [1.82, 2.24) is 9.78 Å². The number of methoxy groups -OCH3 is 1. The molecule has 0 unspecified atom stereocenters. The second-order valence-electron chi connectivity index (χ2n) is 5.73. The van der Waals surface area contributed by atoms with Crippen molar-refractivity contribution < 1.29 is 19.1 Å². The van der Waals surface area contributed by atoms with Crippen molar-refractivity contribution in [2.75, 3.05) is 7.11 Å². The van der Waals surface area contributed by atoms with Crippen LogP contribution in [0.15, 0.2) is 58.1 Å². The zero-order chi connectivity index (χ0) is 19.4. The molecule has 0 radical (unpaired) electrons. The number of aromatic nitrogens is 2. The molecule has 1 heterocycles. The second kappa shape index (κ2) is 7.69. The van der Waals surface area contributed by atoms with Crippen LogP contribution in [-0.4, -0.2) is 28.8 Å². The van der Waals surface area contributed by atoms with Crippen molar-refractivity contribution in [2.24, 2.45) is 0 Å². The third-order valence-corrected chi connectivity index (χ3v) is 3.95. The Balaban J connectivity index is 1.69. The van der Waals surface area contributed by atoms with Crippen LogP contribution in [0, 0.1) is 0 Å². The smallest absolute Gasteiger partial charge is 0.337 e. The molecule has 0 aliphatic heterocycles. The monoisotopic (exact) mass is 368 g/mol. The molecular weight excluding hydrogens is 352 g/mol. The molecule has 0 amide bonds. The Bertz CT molecular complexity index is 1110. The predicted octanol–water partition coefficient (Wildman–Crippen LogP) is 1.22. The normalized spacial score (nSPS) is 10.6. The molecule has 0 saturated carbocycles. The van der Waals surface area contributed by atoms with E-state index < -0.39 is 29.6 Å². The second-order valence-corrected chi connectivity index (χ2v) is 5.73. The zero-order valence-electron chi connectivity index (χ0n) is 14.4. The van der Waals surface area contributed by atoms with Crippen LogP contribution in [0.3, 0.4) is 0 Å². The maximum absolute atomic E-state index is 12.4. The Morgan fingerprint density at radius 2 is 1.67 bits per heavy atom. The van der Waals surface area contributed by atoms with E-state index in [0.717, 1.165) is 4.68 Å². The highest BCUT2D eigenvalue weighted by molar-refractivity contribution is 5.89. The highest BCUT2D eigenvalue weighted by Crippen LogP contribution is 2.07. The molecule has 2 aromatic carbocycles. The number of carbonyl (C=O) groups is 2. The highest BCUT2D eigenvalue weighted by atomic mass is 16.5. The van der Waals surface area contributed by atoms with Crippen LogP contribution in [0.1, 0.15) is 15.9 Å². The standard InChI is InChI=1S/C19H16N2O6/c1-26-19(25)13-8-6-12(7-9-13)11-27-16(22)10-21-18(24)15-5-3-2-4-14(15)17(23)20-21/h2-9H,10-11H2,1H3,(H,20,23). The van der Waals surface area contributed by atoms with E-state index in [9.17, 15) is 19.2 Å². The van der Waals surface area contributed by atoms with Crippen LogP contribution in [0.25, 0.3) is 10.8 Å². The number of hydrogen-bond donors (Lipinski definition) is 1. The topological polar surface area (TPSA) is 107 Å². The molecule has 0 saturated heterocycles. The summed E-state index contributed by atoms with van der Waals surface area (Å²) in [5.41, 5.74) is 0.101. The van der Waals surface area contributed by atoms with E-state index in [4.69, 9.17) is 4.74 Å². The van der Waals surface area contributed by atoms with Crippen LogP contribution >= 0.6 is 0 Å². The minimum Gasteiger partial charge on any atom is -0.465 e. The van der Waals surface area contributed by atoms with Crippen molar-refractivity contribution in [3.8, 4) is 0 Å². The predicted molar refractivity (Wildman–Crippen MR) is 96.4 cm³/mol. The van der Waals surface area contributed by atoms with Gasteiger partial charge in [0.1, 0.15) is 13.2 Å². The Morgan fingerprint density at radius 1 is 1.00 bits per heavy atom. The van der Waals surface area contributed by atoms with Crippen molar-refractivity contribution in [3.05, 3.63) is 80.4 Å². The van der Waals surface area contributed by atoms with Gasteiger partial charge in [-0.25, -0.2) is 9.48 Å². The number of nitrogens with zero attached hydrogens (tertiary/aromatic N) is 1. The summed E-state index contributed by atoms with van der Waals surface area (Å²) in [5.74, 6) is -1.14. The van der Waals surface area contributed by atoms with Gasteiger partial charge in [0, 0.05) is 0 Å². The molecule has 3 aromatic rings. The Hall–Kier alpha value is -3.68. The first kappa shape index (κ1) is 18.1. The third kappa shape index (κ3) is 3.95. The lowest BCUT2D eigenvalue weighted by Crippen LogP contribution is -2.32. The van der Waals surface area contributed by atoms with Crippen molar-refractivity contribution in [2.45, 2.75) is 13.2 Å². The molecule has 8 nitrogen and oxygen atoms in total. The number of hydrogen-bond acceptors (Lipinski definition) is 6. The van der Waals surface area contributed by atoms with Gasteiger partial charge in [-0.2, -0.15) is 0 Å². The summed E-state index contributed by atoms with van der Waals surface area (Å²) < 4.78 is 10.7. The van der Waals surface area contributed by atoms with Crippen LogP contribution < -0.4 is 11.1 Å². The molecule has 1 aromatic heterocycles. The van der Waals surface area contributed by atoms with Crippen molar-refractivity contribution in [3.63, 3.8) is 0 Å². The lowest BCUT2D eigenvalue weighted by atomic mass is 10.1. The Morgan fingerprint density at radius 3 is 2.33 bits per heavy atom. The summed E-state index contributed by atoms with van der Waals surface area (Å²) in [6, 6.07) is 12.7. The lowest BCUT2D eigenvalue weighted by Gasteiger charge is -2.08. The Labute approximate surface area is 152 Å². The summed E-state index contributed by atoms with van der Waals surface area (Å²) in [6.45, 7) is -0.452. The van der Waals surface area contributed by atoms with Crippen molar-refractivity contribution >= 4 is 22.7 Å². The zero-order valence-corrected chi connectivity index (χ0v) is 14.4. The van der Waals surface area contributed by atoms with Gasteiger partial charge in [0.2, 0.25) is 0 Å². The molecule has 1 N–H and O–H groups in total. The molecular formula is C19H16N2O6. The molecule has 138 valence electrons. The van der Waals surface area contributed by atoms with E-state index in [1.807, 2.05) is 0 Å². The van der Waals surface area contributed by atoms with Crippen LogP contribution in [0.4, 0.5) is 0 Å². The number of esters is 2. The first-order chi connectivity index (χ1) is 13.0. The van der Waals surface area contributed by atoms with E-state index in [1.165, 1.54) is 19.2 Å². The summed E-state index contributed by atoms with van der Waals surface area (Å²) in [6.07, 6.45) is 0. The van der Waals surface area contributed by atoms with E-state index in [0.29, 0.717) is 11.1 Å². The van der Waals surface area contributed by atoms with Gasteiger partial charge in [-0.15, -0.1) is 0 Å². The maximum Gasteiger partial charge on any atom is 0.337 e. The van der Waals surface area contributed by atoms with E-state index >= 15 is 0 Å². The molecule has 0 atom stereocenters. The average Bonchev–Trinajstić information content (AvgIpc) is 2.70. The van der Waals surface area contributed by atoms with Gasteiger partial charge in [0.25, 0.3) is 11.1 Å². The summed E-state index contributed by atoms with van der Waals surface area (Å²) >= 11 is 0. The molecule has 0 aliphatic carbocycles. The largest absolute Gasteiger partial charge is 0.465 e. The van der Waals surface area contributed by atoms with Gasteiger partial charge in [0.05, 0.1) is 23.4 Å². The number of benzene rings is 2. The quantitative estimate of drug-likeness (QED) is 0.679. The summed E-state index contributed by atoms with van der Waals surface area (Å²) in [5, 5.41) is 2.86. The van der Waals surface area contributed by atoms with Gasteiger partial charge >= 0.3 is 11.9 Å². The van der Waals surface area contributed by atoms with E-state index in [2.05, 4.69) is 9.84 Å². The minimum atomic E-state index is -0.680. The Kier molecular flexibility index (Phi) is 5.16. The fourth-order valence-electron chi connectivity index (χ4n) is 2.55. The van der Waals surface area contributed by atoms with Gasteiger partial charge < -0.3 is 9.47 Å². The molecule has 27 heavy (non-hydrogen) atoms. The molecule has 0 aliphatic rings. The molecule has 0 bridgehead atoms. The van der Waals surface area contributed by atoms with Crippen LogP contribution in [0.5, 0.6) is 0 Å². The van der Waals surface area contributed by atoms with Gasteiger partial charge in [0.15, 0.2) is 0 Å². The van der Waals surface area contributed by atoms with Crippen LogP contribution in [0.2, 0.25) is 0 Å². The summed E-state index contributed by atoms with van der Waals surface area (Å²) in [7, 11) is 1.29. The van der Waals surface area contributed by atoms with E-state index in [-0.39, 0.29) is 17.4 Å². The molecule has 8 heteroatoms. The summed E-state index contributed by atoms with van der Waals surface area (Å²) in [4.78, 5) is 47.8. The lowest BCUT2D eigenvalue weighted by molar-refractivity contribution is -0.146. The van der Waals surface area contributed by atoms with E-state index in [1.54, 1.807) is 36.4 Å². The number of aromatic amines is 1. The molecule has 0 spiro atoms. The number of rotatable bonds is 5. The fourth-order valence-corrected chi connectivity index (χ4v) is 2.55. The number of H-pyrrole nitrogens is 1. The van der Waals surface area contributed by atoms with Crippen molar-refractivity contribution in [1.29, 1.82) is 0 Å². The number of carbonyl (C=O) groups excluding carboxylic acids is 2. The van der Waals surface area contributed by atoms with Crippen LogP contribution in [-0.2, 0) is 27.4 Å². The third-order valence-electron chi connectivity index (χ3n) is 3.95. The first-order valence-electron chi connectivity index (χ1n) is 8.04. The highest BCUT2D eigenvalue weighted by Gasteiger charge is 2.11. The fraction of sp³-hybridized carbons (Fsp3) is 0.158. The number of fused-ring (bicyclic) bond motifs is 1. The van der Waals surface area contributed by atoms with Gasteiger partial charge in [-0.3, -0.25) is 19.5 Å². The molecule has 0 fully saturated rings. The van der Waals surface area contributed by atoms with Gasteiger partial charge in [-0.05, 0) is 29.8 Å². The van der Waals surface area contributed by atoms with Gasteiger partial charge in [-0.1, -0.05) is 24.3 Å². The number of nitrogens with one attached hydrogen (secondary N) is 1. The number of ether oxygens (including phenoxy) is 2. The first-order valence-corrected chi connectivity index (χ1v) is 8.04. The maximum atomic E-state index is 12.4. The minimum absolute atomic E-state index is 0.0349.